The SMILES string of the molecule is Cc1ccc(C)c([C@H]2CCCN2c2nnc(-c3ccccn3)s2)c1. The molecular weight excluding hydrogens is 316 g/mol. The van der Waals surface area contributed by atoms with Gasteiger partial charge in [-0.05, 0) is 49.9 Å². The lowest BCUT2D eigenvalue weighted by Crippen LogP contribution is -2.23. The third-order valence-electron chi connectivity index (χ3n) is 4.59. The highest BCUT2D eigenvalue weighted by molar-refractivity contribution is 7.18. The van der Waals surface area contributed by atoms with Crippen molar-refractivity contribution in [3.63, 3.8) is 0 Å². The average Bonchev–Trinajstić information content (AvgIpc) is 3.26. The Kier molecular flexibility index (Phi) is 4.02. The van der Waals surface area contributed by atoms with Crippen LogP contribution >= 0.6 is 11.3 Å². The third kappa shape index (κ3) is 2.80. The molecule has 2 aromatic heterocycles. The van der Waals surface area contributed by atoms with E-state index in [9.17, 15) is 0 Å². The molecule has 0 spiro atoms. The van der Waals surface area contributed by atoms with Crippen LogP contribution in [0.3, 0.4) is 0 Å². The van der Waals surface area contributed by atoms with Gasteiger partial charge in [0.1, 0.15) is 5.69 Å². The number of hydrogen-bond donors (Lipinski definition) is 0. The smallest absolute Gasteiger partial charge is 0.209 e. The maximum atomic E-state index is 4.46. The molecule has 5 heteroatoms. The van der Waals surface area contributed by atoms with Gasteiger partial charge in [-0.2, -0.15) is 0 Å². The van der Waals surface area contributed by atoms with E-state index in [0.717, 1.165) is 22.4 Å². The molecule has 24 heavy (non-hydrogen) atoms. The van der Waals surface area contributed by atoms with E-state index in [1.54, 1.807) is 17.5 Å². The van der Waals surface area contributed by atoms with Gasteiger partial charge in [0.15, 0.2) is 5.01 Å². The monoisotopic (exact) mass is 336 g/mol. The molecule has 0 saturated carbocycles. The Labute approximate surface area is 146 Å². The van der Waals surface area contributed by atoms with Gasteiger partial charge in [0.2, 0.25) is 5.13 Å². The molecule has 1 aliphatic rings. The van der Waals surface area contributed by atoms with Crippen molar-refractivity contribution >= 4 is 16.5 Å². The lowest BCUT2D eigenvalue weighted by Gasteiger charge is -2.25. The maximum absolute atomic E-state index is 4.46. The Bertz CT molecular complexity index is 844. The molecule has 1 atom stereocenters. The van der Waals surface area contributed by atoms with Crippen LogP contribution in [0.5, 0.6) is 0 Å². The summed E-state index contributed by atoms with van der Waals surface area (Å²) in [5.74, 6) is 0. The fourth-order valence-electron chi connectivity index (χ4n) is 3.36. The molecule has 1 saturated heterocycles. The Morgan fingerprint density at radius 3 is 2.88 bits per heavy atom. The summed E-state index contributed by atoms with van der Waals surface area (Å²) in [5.41, 5.74) is 4.98. The van der Waals surface area contributed by atoms with Crippen LogP contribution in [0.1, 0.15) is 35.6 Å². The molecule has 0 amide bonds. The maximum Gasteiger partial charge on any atom is 0.209 e. The molecular formula is C19H20N4S. The summed E-state index contributed by atoms with van der Waals surface area (Å²) in [6.07, 6.45) is 4.16. The van der Waals surface area contributed by atoms with E-state index in [-0.39, 0.29) is 0 Å². The zero-order chi connectivity index (χ0) is 16.5. The highest BCUT2D eigenvalue weighted by atomic mass is 32.1. The van der Waals surface area contributed by atoms with Crippen molar-refractivity contribution in [2.75, 3.05) is 11.4 Å². The van der Waals surface area contributed by atoms with Crippen LogP contribution in [-0.4, -0.2) is 21.7 Å². The van der Waals surface area contributed by atoms with Gasteiger partial charge in [-0.3, -0.25) is 4.98 Å². The lowest BCUT2D eigenvalue weighted by molar-refractivity contribution is 0.708. The first kappa shape index (κ1) is 15.3. The summed E-state index contributed by atoms with van der Waals surface area (Å²) in [7, 11) is 0. The number of aryl methyl sites for hydroxylation is 2. The first-order valence-electron chi connectivity index (χ1n) is 8.31. The molecule has 0 unspecified atom stereocenters. The molecule has 1 fully saturated rings. The molecule has 4 nitrogen and oxygen atoms in total. The predicted octanol–water partition coefficient (Wildman–Crippen LogP) is 4.56. The van der Waals surface area contributed by atoms with Crippen LogP contribution in [0, 0.1) is 13.8 Å². The highest BCUT2D eigenvalue weighted by Gasteiger charge is 2.30. The summed E-state index contributed by atoms with van der Waals surface area (Å²) < 4.78 is 0. The number of benzene rings is 1. The Morgan fingerprint density at radius 2 is 2.04 bits per heavy atom. The van der Waals surface area contributed by atoms with Gasteiger partial charge in [-0.1, -0.05) is 41.2 Å². The van der Waals surface area contributed by atoms with Gasteiger partial charge in [0.05, 0.1) is 6.04 Å². The lowest BCUT2D eigenvalue weighted by atomic mass is 9.97. The molecule has 3 heterocycles. The van der Waals surface area contributed by atoms with Crippen molar-refractivity contribution in [3.05, 3.63) is 59.3 Å². The van der Waals surface area contributed by atoms with E-state index in [0.29, 0.717) is 6.04 Å². The van der Waals surface area contributed by atoms with Gasteiger partial charge in [0.25, 0.3) is 0 Å². The minimum absolute atomic E-state index is 0.398. The predicted molar refractivity (Wildman–Crippen MR) is 98.4 cm³/mol. The number of hydrogen-bond acceptors (Lipinski definition) is 5. The van der Waals surface area contributed by atoms with Crippen molar-refractivity contribution in [2.45, 2.75) is 32.7 Å². The molecule has 3 aromatic rings. The number of nitrogens with zero attached hydrogens (tertiary/aromatic N) is 4. The van der Waals surface area contributed by atoms with Gasteiger partial charge >= 0.3 is 0 Å². The molecule has 0 N–H and O–H groups in total. The van der Waals surface area contributed by atoms with Gasteiger partial charge in [-0.15, -0.1) is 10.2 Å². The Balaban J connectivity index is 1.66. The Morgan fingerprint density at radius 1 is 1.12 bits per heavy atom. The minimum atomic E-state index is 0.398. The average molecular weight is 336 g/mol. The summed E-state index contributed by atoms with van der Waals surface area (Å²) in [4.78, 5) is 6.79. The van der Waals surface area contributed by atoms with E-state index >= 15 is 0 Å². The Hall–Kier alpha value is -2.27. The topological polar surface area (TPSA) is 41.9 Å². The van der Waals surface area contributed by atoms with Crippen LogP contribution in [-0.2, 0) is 0 Å². The molecule has 0 bridgehead atoms. The second-order valence-electron chi connectivity index (χ2n) is 6.32. The van der Waals surface area contributed by atoms with Crippen molar-refractivity contribution in [1.82, 2.24) is 15.2 Å². The van der Waals surface area contributed by atoms with Crippen LogP contribution in [0.4, 0.5) is 5.13 Å². The largest absolute Gasteiger partial charge is 0.340 e. The zero-order valence-corrected chi connectivity index (χ0v) is 14.8. The van der Waals surface area contributed by atoms with Gasteiger partial charge in [0, 0.05) is 12.7 Å². The molecule has 1 aliphatic heterocycles. The van der Waals surface area contributed by atoms with E-state index in [4.69, 9.17) is 0 Å². The first-order chi connectivity index (χ1) is 11.7. The van der Waals surface area contributed by atoms with E-state index in [1.807, 2.05) is 18.2 Å². The molecule has 4 rings (SSSR count). The van der Waals surface area contributed by atoms with Crippen LogP contribution in [0.2, 0.25) is 0 Å². The third-order valence-corrected chi connectivity index (χ3v) is 5.57. The molecule has 0 aliphatic carbocycles. The summed E-state index contributed by atoms with van der Waals surface area (Å²) >= 11 is 1.63. The van der Waals surface area contributed by atoms with Gasteiger partial charge < -0.3 is 4.90 Å². The van der Waals surface area contributed by atoms with Crippen molar-refractivity contribution in [3.8, 4) is 10.7 Å². The fraction of sp³-hybridized carbons (Fsp3) is 0.316. The molecule has 0 radical (unpaired) electrons. The summed E-state index contributed by atoms with van der Waals surface area (Å²) in [5, 5.41) is 10.7. The van der Waals surface area contributed by atoms with Crippen LogP contribution in [0.15, 0.2) is 42.6 Å². The van der Waals surface area contributed by atoms with Crippen LogP contribution < -0.4 is 4.90 Å². The quantitative estimate of drug-likeness (QED) is 0.703. The van der Waals surface area contributed by atoms with E-state index in [1.165, 1.54) is 29.5 Å². The van der Waals surface area contributed by atoms with Gasteiger partial charge in [-0.25, -0.2) is 0 Å². The number of anilines is 1. The minimum Gasteiger partial charge on any atom is -0.340 e. The number of pyridine rings is 1. The second kappa shape index (κ2) is 6.32. The first-order valence-corrected chi connectivity index (χ1v) is 9.13. The van der Waals surface area contributed by atoms with Crippen molar-refractivity contribution in [1.29, 1.82) is 0 Å². The normalized spacial score (nSPS) is 17.4. The molecule has 122 valence electrons. The highest BCUT2D eigenvalue weighted by Crippen LogP contribution is 2.40. The van der Waals surface area contributed by atoms with Crippen LogP contribution in [0.25, 0.3) is 10.7 Å². The summed E-state index contributed by atoms with van der Waals surface area (Å²) in [6.45, 7) is 5.39. The number of rotatable bonds is 3. The number of aromatic nitrogens is 3. The van der Waals surface area contributed by atoms with E-state index < -0.39 is 0 Å². The summed E-state index contributed by atoms with van der Waals surface area (Å²) in [6, 6.07) is 13.0. The second-order valence-corrected chi connectivity index (χ2v) is 7.27. The fourth-order valence-corrected chi connectivity index (χ4v) is 4.26. The van der Waals surface area contributed by atoms with E-state index in [2.05, 4.69) is 52.1 Å². The van der Waals surface area contributed by atoms with Crippen molar-refractivity contribution < 1.29 is 0 Å². The zero-order valence-electron chi connectivity index (χ0n) is 13.9. The van der Waals surface area contributed by atoms with Crippen molar-refractivity contribution in [2.24, 2.45) is 0 Å². The molecule has 1 aromatic carbocycles. The standard InChI is InChI=1S/C19H20N4S/c1-13-8-9-14(2)15(12-13)17-7-5-11-23(17)19-22-21-18(24-19)16-6-3-4-10-20-16/h3-4,6,8-10,12,17H,5,7,11H2,1-2H3/t17-/m1/s1.